The first-order valence-corrected chi connectivity index (χ1v) is 9.62. The highest BCUT2D eigenvalue weighted by Gasteiger charge is 2.12. The minimum absolute atomic E-state index is 0.114. The molecule has 9 nitrogen and oxygen atoms in total. The third-order valence-electron chi connectivity index (χ3n) is 3.80. The predicted octanol–water partition coefficient (Wildman–Crippen LogP) is 3.55. The molecule has 29 heavy (non-hydrogen) atoms. The number of hydrogen-bond acceptors (Lipinski definition) is 10. The second-order valence-corrected chi connectivity index (χ2v) is 6.71. The Labute approximate surface area is 170 Å². The lowest BCUT2D eigenvalue weighted by Crippen LogP contribution is -2.07. The van der Waals surface area contributed by atoms with E-state index in [2.05, 4.69) is 30.5 Å². The molecule has 4 rings (SSSR count). The fourth-order valence-electron chi connectivity index (χ4n) is 2.52. The number of nitrogens with one attached hydrogen (secondary N) is 1. The van der Waals surface area contributed by atoms with Gasteiger partial charge in [-0.1, -0.05) is 42.1 Å². The molecule has 3 N–H and O–H groups in total. The van der Waals surface area contributed by atoms with E-state index < -0.39 is 0 Å². The van der Waals surface area contributed by atoms with Crippen LogP contribution in [-0.2, 0) is 5.75 Å². The fourth-order valence-corrected chi connectivity index (χ4v) is 3.14. The molecule has 0 saturated heterocycles. The van der Waals surface area contributed by atoms with Crippen LogP contribution >= 0.6 is 11.8 Å². The Morgan fingerprint density at radius 1 is 1.00 bits per heavy atom. The standard InChI is InChI=1S/C19H17N7O2S/c1-27-14-10-6-5-9-13(14)21-18-23-15(22-17(20)24-18)11-29-19-26-25-16(28-19)12-7-3-2-4-8-12/h2-10H,11H2,1H3,(H3,20,21,22,23,24). The van der Waals surface area contributed by atoms with Crippen molar-refractivity contribution in [3.63, 3.8) is 0 Å². The summed E-state index contributed by atoms with van der Waals surface area (Å²) >= 11 is 1.32. The van der Waals surface area contributed by atoms with E-state index in [4.69, 9.17) is 14.9 Å². The number of thioether (sulfide) groups is 1. The quantitative estimate of drug-likeness (QED) is 0.439. The maximum atomic E-state index is 5.84. The third-order valence-corrected chi connectivity index (χ3v) is 4.62. The summed E-state index contributed by atoms with van der Waals surface area (Å²) in [5.74, 6) is 2.45. The van der Waals surface area contributed by atoms with Gasteiger partial charge < -0.3 is 20.2 Å². The number of rotatable bonds is 7. The van der Waals surface area contributed by atoms with Crippen molar-refractivity contribution in [2.45, 2.75) is 11.0 Å². The van der Waals surface area contributed by atoms with Crippen molar-refractivity contribution in [3.8, 4) is 17.2 Å². The molecule has 146 valence electrons. The minimum atomic E-state index is 0.114. The van der Waals surface area contributed by atoms with E-state index in [-0.39, 0.29) is 5.95 Å². The van der Waals surface area contributed by atoms with E-state index >= 15 is 0 Å². The number of aromatic nitrogens is 5. The Hall–Kier alpha value is -3.66. The van der Waals surface area contributed by atoms with Gasteiger partial charge in [0.05, 0.1) is 18.6 Å². The summed E-state index contributed by atoms with van der Waals surface area (Å²) in [4.78, 5) is 12.7. The predicted molar refractivity (Wildman–Crippen MR) is 110 cm³/mol. The third kappa shape index (κ3) is 4.61. The number of benzene rings is 2. The molecule has 2 heterocycles. The molecule has 0 bridgehead atoms. The molecule has 0 aliphatic carbocycles. The number of para-hydroxylation sites is 2. The van der Waals surface area contributed by atoms with Crippen LogP contribution < -0.4 is 15.8 Å². The first-order valence-electron chi connectivity index (χ1n) is 8.63. The van der Waals surface area contributed by atoms with Gasteiger partial charge in [0, 0.05) is 5.56 Å². The minimum Gasteiger partial charge on any atom is -0.495 e. The molecule has 0 aliphatic rings. The van der Waals surface area contributed by atoms with Crippen molar-refractivity contribution < 1.29 is 9.15 Å². The summed E-state index contributed by atoms with van der Waals surface area (Å²) in [5.41, 5.74) is 7.42. The number of nitrogens with two attached hydrogens (primary N) is 1. The number of nitrogen functional groups attached to an aromatic ring is 1. The van der Waals surface area contributed by atoms with Crippen molar-refractivity contribution in [1.29, 1.82) is 0 Å². The van der Waals surface area contributed by atoms with Crippen LogP contribution in [-0.4, -0.2) is 32.3 Å². The molecular weight excluding hydrogens is 390 g/mol. The van der Waals surface area contributed by atoms with Gasteiger partial charge in [0.2, 0.25) is 17.8 Å². The zero-order valence-corrected chi connectivity index (χ0v) is 16.3. The lowest BCUT2D eigenvalue weighted by atomic mass is 10.2. The Kier molecular flexibility index (Phi) is 5.52. The Bertz CT molecular complexity index is 1100. The second-order valence-electron chi connectivity index (χ2n) is 5.79. The largest absolute Gasteiger partial charge is 0.495 e. The average Bonchev–Trinajstić information content (AvgIpc) is 3.22. The second kappa shape index (κ2) is 8.57. The van der Waals surface area contributed by atoms with E-state index in [1.807, 2.05) is 54.6 Å². The molecule has 0 unspecified atom stereocenters. The summed E-state index contributed by atoms with van der Waals surface area (Å²) in [6, 6.07) is 17.0. The van der Waals surface area contributed by atoms with Gasteiger partial charge >= 0.3 is 0 Å². The van der Waals surface area contributed by atoms with Crippen molar-refractivity contribution in [1.82, 2.24) is 25.1 Å². The summed E-state index contributed by atoms with van der Waals surface area (Å²) in [6.45, 7) is 0. The molecule has 0 aliphatic heterocycles. The van der Waals surface area contributed by atoms with Gasteiger partial charge in [-0.2, -0.15) is 15.0 Å². The summed E-state index contributed by atoms with van der Waals surface area (Å²) in [5, 5.41) is 11.6. The van der Waals surface area contributed by atoms with E-state index in [9.17, 15) is 0 Å². The van der Waals surface area contributed by atoms with Gasteiger partial charge in [-0.3, -0.25) is 0 Å². The first-order chi connectivity index (χ1) is 14.2. The van der Waals surface area contributed by atoms with Gasteiger partial charge in [0.25, 0.3) is 5.22 Å². The molecule has 0 radical (unpaired) electrons. The molecular formula is C19H17N7O2S. The highest BCUT2D eigenvalue weighted by molar-refractivity contribution is 7.98. The van der Waals surface area contributed by atoms with Crippen LogP contribution in [0.2, 0.25) is 0 Å². The number of ether oxygens (including phenoxy) is 1. The fraction of sp³-hybridized carbons (Fsp3) is 0.105. The maximum absolute atomic E-state index is 5.84. The van der Waals surface area contributed by atoms with Crippen LogP contribution in [0.5, 0.6) is 5.75 Å². The maximum Gasteiger partial charge on any atom is 0.277 e. The van der Waals surface area contributed by atoms with E-state index in [0.29, 0.717) is 34.4 Å². The Morgan fingerprint density at radius 2 is 1.79 bits per heavy atom. The van der Waals surface area contributed by atoms with E-state index in [0.717, 1.165) is 11.3 Å². The molecule has 0 spiro atoms. The normalized spacial score (nSPS) is 10.7. The van der Waals surface area contributed by atoms with Gasteiger partial charge in [0.15, 0.2) is 0 Å². The van der Waals surface area contributed by atoms with Crippen molar-refractivity contribution >= 4 is 29.3 Å². The monoisotopic (exact) mass is 407 g/mol. The highest BCUT2D eigenvalue weighted by Crippen LogP contribution is 2.27. The Balaban J connectivity index is 1.46. The van der Waals surface area contributed by atoms with Crippen molar-refractivity contribution in [2.75, 3.05) is 18.2 Å². The average molecular weight is 407 g/mol. The molecule has 0 saturated carbocycles. The molecule has 2 aromatic heterocycles. The van der Waals surface area contributed by atoms with Gasteiger partial charge in [-0.05, 0) is 24.3 Å². The van der Waals surface area contributed by atoms with Crippen LogP contribution in [0.25, 0.3) is 11.5 Å². The molecule has 0 atom stereocenters. The van der Waals surface area contributed by atoms with Crippen molar-refractivity contribution in [3.05, 3.63) is 60.4 Å². The topological polar surface area (TPSA) is 125 Å². The molecule has 0 fully saturated rings. The summed E-state index contributed by atoms with van der Waals surface area (Å²) < 4.78 is 11.0. The van der Waals surface area contributed by atoms with Crippen LogP contribution in [0.3, 0.4) is 0 Å². The zero-order chi connectivity index (χ0) is 20.1. The molecule has 10 heteroatoms. The smallest absolute Gasteiger partial charge is 0.277 e. The Morgan fingerprint density at radius 3 is 2.62 bits per heavy atom. The molecule has 4 aromatic rings. The van der Waals surface area contributed by atoms with Crippen LogP contribution in [0.4, 0.5) is 17.6 Å². The number of methoxy groups -OCH3 is 1. The number of nitrogens with zero attached hydrogens (tertiary/aromatic N) is 5. The lowest BCUT2D eigenvalue weighted by molar-refractivity contribution is 0.417. The van der Waals surface area contributed by atoms with E-state index in [1.54, 1.807) is 7.11 Å². The van der Waals surface area contributed by atoms with E-state index in [1.165, 1.54) is 11.8 Å². The van der Waals surface area contributed by atoms with Crippen LogP contribution in [0.15, 0.2) is 64.2 Å². The number of anilines is 3. The first kappa shape index (κ1) is 18.7. The van der Waals surface area contributed by atoms with Gasteiger partial charge in [-0.15, -0.1) is 10.2 Å². The summed E-state index contributed by atoms with van der Waals surface area (Å²) in [6.07, 6.45) is 0. The van der Waals surface area contributed by atoms with Gasteiger partial charge in [0.1, 0.15) is 11.6 Å². The van der Waals surface area contributed by atoms with Crippen LogP contribution in [0.1, 0.15) is 5.82 Å². The number of hydrogen-bond donors (Lipinski definition) is 2. The SMILES string of the molecule is COc1ccccc1Nc1nc(N)nc(CSc2nnc(-c3ccccc3)o2)n1. The zero-order valence-electron chi connectivity index (χ0n) is 15.4. The lowest BCUT2D eigenvalue weighted by Gasteiger charge is -2.10. The van der Waals surface area contributed by atoms with Crippen molar-refractivity contribution in [2.24, 2.45) is 0 Å². The van der Waals surface area contributed by atoms with Gasteiger partial charge in [-0.25, -0.2) is 0 Å². The highest BCUT2D eigenvalue weighted by atomic mass is 32.2. The van der Waals surface area contributed by atoms with Crippen LogP contribution in [0, 0.1) is 0 Å². The molecule has 2 aromatic carbocycles. The molecule has 0 amide bonds. The summed E-state index contributed by atoms with van der Waals surface area (Å²) in [7, 11) is 1.60.